The molecule has 0 radical (unpaired) electrons. The van der Waals surface area contributed by atoms with Crippen molar-refractivity contribution in [2.24, 2.45) is 5.73 Å². The van der Waals surface area contributed by atoms with Crippen molar-refractivity contribution < 1.29 is 33.7 Å². The van der Waals surface area contributed by atoms with E-state index in [1.165, 1.54) is 13.2 Å². The van der Waals surface area contributed by atoms with E-state index >= 15 is 0 Å². The molecular weight excluding hydrogens is 201 g/mol. The fraction of sp³-hybridized carbons (Fsp3) is 0.500. The Balaban J connectivity index is -0.0000000600. The first-order chi connectivity index (χ1) is 4.24. The van der Waals surface area contributed by atoms with Crippen LogP contribution in [0, 0.1) is 6.92 Å². The molecule has 0 aliphatic rings. The van der Waals surface area contributed by atoms with Crippen molar-refractivity contribution in [2.45, 2.75) is 6.92 Å². The van der Waals surface area contributed by atoms with Gasteiger partial charge < -0.3 is 17.5 Å². The topological polar surface area (TPSA) is 77.2 Å². The Morgan fingerprint density at radius 3 is 1.67 bits per heavy atom. The summed E-state index contributed by atoms with van der Waals surface area (Å²) in [6, 6.07) is 0. The third kappa shape index (κ3) is 23700. The van der Waals surface area contributed by atoms with Gasteiger partial charge in [-0.3, -0.25) is 6.29 Å². The second-order valence-electron chi connectivity index (χ2n) is 0.576. The summed E-state index contributed by atoms with van der Waals surface area (Å²) in [4.78, 5) is 8.68. The predicted molar refractivity (Wildman–Crippen MR) is 27.2 cm³/mol. The molecule has 0 unspecified atom stereocenters. The van der Waals surface area contributed by atoms with E-state index in [1.807, 2.05) is 0 Å². The van der Waals surface area contributed by atoms with E-state index in [-0.39, 0.29) is 0 Å². The van der Waals surface area contributed by atoms with Gasteiger partial charge in [0.2, 0.25) is 0 Å². The third-order valence-corrected chi connectivity index (χ3v) is 0. The third-order valence-electron chi connectivity index (χ3n) is 0. The van der Waals surface area contributed by atoms with Gasteiger partial charge in [0.05, 0.1) is 0 Å². The van der Waals surface area contributed by atoms with Gasteiger partial charge in [-0.2, -0.15) is 6.92 Å². The van der Waals surface area contributed by atoms with Crippen molar-refractivity contribution in [3.63, 3.8) is 0 Å². The average molecular weight is 210 g/mol. The SMILES string of the molecule is C[C-]=O.[CH2-]CN.[O]=[Zr]=[O]. The van der Waals surface area contributed by atoms with Gasteiger partial charge >= 0.3 is 28.9 Å². The zero-order valence-electron chi connectivity index (χ0n) is 5.22. The summed E-state index contributed by atoms with van der Waals surface area (Å²) in [5, 5.41) is 0. The summed E-state index contributed by atoms with van der Waals surface area (Å²) in [7, 11) is 0. The molecule has 2 N–H and O–H groups in total. The molecule has 0 aromatic rings. The molecule has 0 amide bonds. The van der Waals surface area contributed by atoms with Crippen molar-refractivity contribution in [3.8, 4) is 0 Å². The van der Waals surface area contributed by atoms with Crippen molar-refractivity contribution in [3.05, 3.63) is 6.92 Å². The van der Waals surface area contributed by atoms with Gasteiger partial charge in [0.25, 0.3) is 0 Å². The monoisotopic (exact) mass is 209 g/mol. The molecule has 0 rings (SSSR count). The molecule has 0 fully saturated rings. The molecule has 0 heterocycles. The quantitative estimate of drug-likeness (QED) is 0.555. The first-order valence-electron chi connectivity index (χ1n) is 2.02. The van der Waals surface area contributed by atoms with Crippen LogP contribution in [-0.2, 0) is 33.7 Å². The number of rotatable bonds is 0. The van der Waals surface area contributed by atoms with Gasteiger partial charge in [-0.1, -0.05) is 0 Å². The molecule has 0 aromatic heterocycles. The van der Waals surface area contributed by atoms with E-state index in [0.29, 0.717) is 6.54 Å². The van der Waals surface area contributed by atoms with E-state index in [1.54, 1.807) is 0 Å². The normalized spacial score (nSPS) is 4.33. The first-order valence-corrected chi connectivity index (χ1v) is 4.03. The molecule has 0 spiro atoms. The summed E-state index contributed by atoms with van der Waals surface area (Å²) in [5.41, 5.74) is 4.74. The van der Waals surface area contributed by atoms with E-state index in [0.717, 1.165) is 0 Å². The zero-order chi connectivity index (χ0) is 8.12. The summed E-state index contributed by atoms with van der Waals surface area (Å²) >= 11 is -2.27. The van der Waals surface area contributed by atoms with Crippen LogP contribution in [0.3, 0.4) is 0 Å². The van der Waals surface area contributed by atoms with Gasteiger partial charge in [0, 0.05) is 0 Å². The molecule has 0 atom stereocenters. The summed E-state index contributed by atoms with van der Waals surface area (Å²) < 4.78 is 17.1. The molecule has 0 saturated heterocycles. The first kappa shape index (κ1) is 16.1. The van der Waals surface area contributed by atoms with Crippen LogP contribution in [0.1, 0.15) is 6.92 Å². The fourth-order valence-corrected chi connectivity index (χ4v) is 0. The molecule has 0 saturated carbocycles. The maximum absolute atomic E-state index is 8.68. The molecule has 0 aliphatic carbocycles. The molecule has 9 heavy (non-hydrogen) atoms. The number of hydrogen-bond donors (Lipinski definition) is 1. The molecule has 0 bridgehead atoms. The standard InChI is InChI=1S/C2H6N.C2H3O.2O.Zr/c2*1-2-3;;;/h1-3H2;1H3;;;/q2*-1;;;. The van der Waals surface area contributed by atoms with Gasteiger partial charge in [0.15, 0.2) is 0 Å². The van der Waals surface area contributed by atoms with E-state index in [2.05, 4.69) is 6.92 Å². The zero-order valence-corrected chi connectivity index (χ0v) is 7.67. The van der Waals surface area contributed by atoms with E-state index in [4.69, 9.17) is 16.2 Å². The molecular formula is C4H9NO3Zr-2. The molecule has 0 aliphatic heterocycles. The van der Waals surface area contributed by atoms with Crippen LogP contribution in [0.4, 0.5) is 0 Å². The molecule has 0 aromatic carbocycles. The minimum absolute atomic E-state index is 0.500. The second-order valence-corrected chi connectivity index (χ2v) is 0.986. The van der Waals surface area contributed by atoms with Crippen molar-refractivity contribution in [1.82, 2.24) is 0 Å². The minimum atomic E-state index is -2.27. The Morgan fingerprint density at radius 1 is 1.67 bits per heavy atom. The number of nitrogens with two attached hydrogens (primary N) is 1. The van der Waals surface area contributed by atoms with E-state index in [9.17, 15) is 0 Å². The summed E-state index contributed by atoms with van der Waals surface area (Å²) in [5.74, 6) is 0. The fourth-order valence-electron chi connectivity index (χ4n) is 0. The second kappa shape index (κ2) is 42.4. The van der Waals surface area contributed by atoms with Crippen LogP contribution in [0.15, 0.2) is 0 Å². The Bertz CT molecular complexity index is 70.2. The van der Waals surface area contributed by atoms with Crippen LogP contribution in [0.5, 0.6) is 0 Å². The molecule has 54 valence electrons. The van der Waals surface area contributed by atoms with Crippen LogP contribution in [0.25, 0.3) is 0 Å². The Kier molecular flexibility index (Phi) is 75.5. The van der Waals surface area contributed by atoms with E-state index < -0.39 is 23.2 Å². The van der Waals surface area contributed by atoms with Crippen LogP contribution < -0.4 is 5.73 Å². The van der Waals surface area contributed by atoms with Gasteiger partial charge in [-0.15, -0.1) is 6.54 Å². The Hall–Kier alpha value is 0.113. The average Bonchev–Trinajstić information content (AvgIpc) is 1.70. The maximum atomic E-state index is 8.68. The van der Waals surface area contributed by atoms with Crippen LogP contribution >= 0.6 is 0 Å². The van der Waals surface area contributed by atoms with Crippen LogP contribution in [-0.4, -0.2) is 12.8 Å². The summed E-state index contributed by atoms with van der Waals surface area (Å²) in [6.45, 7) is 5.08. The van der Waals surface area contributed by atoms with Gasteiger partial charge in [-0.05, 0) is 0 Å². The van der Waals surface area contributed by atoms with Crippen molar-refractivity contribution in [2.75, 3.05) is 6.54 Å². The predicted octanol–water partition coefficient (Wildman–Crippen LogP) is -0.345. The number of carbonyl (C=O) groups excluding carboxylic acids is 1. The van der Waals surface area contributed by atoms with Gasteiger partial charge in [0.1, 0.15) is 0 Å². The van der Waals surface area contributed by atoms with Gasteiger partial charge in [-0.25, -0.2) is 0 Å². The van der Waals surface area contributed by atoms with Crippen molar-refractivity contribution in [1.29, 1.82) is 0 Å². The molecule has 4 nitrogen and oxygen atoms in total. The summed E-state index contributed by atoms with van der Waals surface area (Å²) in [6.07, 6.45) is 1.50. The van der Waals surface area contributed by atoms with Crippen LogP contribution in [0.2, 0.25) is 0 Å². The Morgan fingerprint density at radius 2 is 1.67 bits per heavy atom. The van der Waals surface area contributed by atoms with Crippen molar-refractivity contribution >= 4 is 6.29 Å². The Labute approximate surface area is 66.3 Å². The number of hydrogen-bond acceptors (Lipinski definition) is 4. The molecule has 5 heteroatoms.